The molecule has 0 aliphatic rings. The highest BCUT2D eigenvalue weighted by atomic mass is 127. The van der Waals surface area contributed by atoms with Gasteiger partial charge in [0, 0.05) is 9.99 Å². The van der Waals surface area contributed by atoms with Crippen molar-refractivity contribution in [2.75, 3.05) is 0 Å². The van der Waals surface area contributed by atoms with Crippen molar-refractivity contribution < 1.29 is 4.79 Å². The van der Waals surface area contributed by atoms with E-state index in [4.69, 9.17) is 5.73 Å². The van der Waals surface area contributed by atoms with Crippen LogP contribution < -0.4 is 5.73 Å². The van der Waals surface area contributed by atoms with E-state index in [0.717, 1.165) is 14.7 Å². The zero-order valence-corrected chi connectivity index (χ0v) is 12.0. The molecule has 0 heterocycles. The third-order valence-electron chi connectivity index (χ3n) is 2.80. The van der Waals surface area contributed by atoms with Crippen molar-refractivity contribution in [1.82, 2.24) is 0 Å². The summed E-state index contributed by atoms with van der Waals surface area (Å²) in [6.45, 7) is 0. The van der Waals surface area contributed by atoms with Crippen LogP contribution in [0, 0.1) is 3.57 Å². The Kier molecular flexibility index (Phi) is 4.49. The van der Waals surface area contributed by atoms with Crippen molar-refractivity contribution in [3.8, 4) is 0 Å². The minimum Gasteiger partial charge on any atom is -0.318 e. The number of nitrogens with two attached hydrogens (primary N) is 1. The number of hydrogen-bond donors (Lipinski definition) is 1. The van der Waals surface area contributed by atoms with Crippen molar-refractivity contribution in [3.63, 3.8) is 0 Å². The fourth-order valence-electron chi connectivity index (χ4n) is 1.76. The van der Waals surface area contributed by atoms with E-state index in [1.807, 2.05) is 54.6 Å². The van der Waals surface area contributed by atoms with Gasteiger partial charge in [-0.25, -0.2) is 0 Å². The van der Waals surface area contributed by atoms with Crippen molar-refractivity contribution in [1.29, 1.82) is 0 Å². The van der Waals surface area contributed by atoms with Gasteiger partial charge in [-0.1, -0.05) is 42.5 Å². The number of carbonyl (C=O) groups excluding carboxylic acids is 1. The molecule has 0 saturated heterocycles. The van der Waals surface area contributed by atoms with Crippen molar-refractivity contribution >= 4 is 28.4 Å². The van der Waals surface area contributed by atoms with Gasteiger partial charge < -0.3 is 5.73 Å². The Morgan fingerprint density at radius 1 is 1.06 bits per heavy atom. The van der Waals surface area contributed by atoms with Gasteiger partial charge in [0.25, 0.3) is 0 Å². The third-order valence-corrected chi connectivity index (χ3v) is 3.52. The SMILES string of the molecule is N[C@@H](C(=O)Cc1ccc(I)cc1)c1ccccc1. The van der Waals surface area contributed by atoms with Gasteiger partial charge in [0.05, 0.1) is 6.04 Å². The number of rotatable bonds is 4. The molecule has 2 rings (SSSR count). The molecule has 18 heavy (non-hydrogen) atoms. The molecule has 2 nitrogen and oxygen atoms in total. The summed E-state index contributed by atoms with van der Waals surface area (Å²) in [6, 6.07) is 16.9. The van der Waals surface area contributed by atoms with Gasteiger partial charge in [0.2, 0.25) is 0 Å². The lowest BCUT2D eigenvalue weighted by Crippen LogP contribution is -2.23. The van der Waals surface area contributed by atoms with Gasteiger partial charge in [-0.15, -0.1) is 0 Å². The molecule has 92 valence electrons. The lowest BCUT2D eigenvalue weighted by Gasteiger charge is -2.10. The van der Waals surface area contributed by atoms with Gasteiger partial charge in [0.15, 0.2) is 5.78 Å². The van der Waals surface area contributed by atoms with Crippen molar-refractivity contribution in [2.24, 2.45) is 5.73 Å². The quantitative estimate of drug-likeness (QED) is 0.861. The van der Waals surface area contributed by atoms with E-state index >= 15 is 0 Å². The van der Waals surface area contributed by atoms with Crippen LogP contribution in [-0.2, 0) is 11.2 Å². The highest BCUT2D eigenvalue weighted by molar-refractivity contribution is 14.1. The molecule has 1 atom stereocenters. The monoisotopic (exact) mass is 351 g/mol. The van der Waals surface area contributed by atoms with E-state index in [9.17, 15) is 4.79 Å². The molecule has 0 radical (unpaired) electrons. The Labute approximate surface area is 120 Å². The summed E-state index contributed by atoms with van der Waals surface area (Å²) < 4.78 is 1.16. The van der Waals surface area contributed by atoms with Crippen molar-refractivity contribution in [3.05, 3.63) is 69.3 Å². The maximum absolute atomic E-state index is 12.1. The van der Waals surface area contributed by atoms with Crippen LogP contribution in [0.5, 0.6) is 0 Å². The van der Waals surface area contributed by atoms with Gasteiger partial charge in [-0.2, -0.15) is 0 Å². The second-order valence-corrected chi connectivity index (χ2v) is 5.40. The van der Waals surface area contributed by atoms with Crippen LogP contribution in [0.3, 0.4) is 0 Å². The molecule has 0 bridgehead atoms. The average molecular weight is 351 g/mol. The van der Waals surface area contributed by atoms with E-state index in [-0.39, 0.29) is 5.78 Å². The first-order valence-corrected chi connectivity index (χ1v) is 6.82. The van der Waals surface area contributed by atoms with Gasteiger partial charge >= 0.3 is 0 Å². The topological polar surface area (TPSA) is 43.1 Å². The van der Waals surface area contributed by atoms with Gasteiger partial charge in [-0.05, 0) is 45.9 Å². The lowest BCUT2D eigenvalue weighted by molar-refractivity contribution is -0.119. The molecule has 0 spiro atoms. The number of halogens is 1. The Morgan fingerprint density at radius 2 is 1.67 bits per heavy atom. The third kappa shape index (κ3) is 3.40. The molecule has 0 unspecified atom stereocenters. The van der Waals surface area contributed by atoms with Gasteiger partial charge in [-0.3, -0.25) is 4.79 Å². The summed E-state index contributed by atoms with van der Waals surface area (Å²) in [5.41, 5.74) is 7.84. The van der Waals surface area contributed by atoms with Crippen LogP contribution >= 0.6 is 22.6 Å². The van der Waals surface area contributed by atoms with E-state index in [0.29, 0.717) is 6.42 Å². The lowest BCUT2D eigenvalue weighted by atomic mass is 9.98. The second-order valence-electron chi connectivity index (χ2n) is 4.16. The molecular weight excluding hydrogens is 337 g/mol. The van der Waals surface area contributed by atoms with Crippen LogP contribution in [0.1, 0.15) is 17.2 Å². The molecule has 2 N–H and O–H groups in total. The summed E-state index contributed by atoms with van der Waals surface area (Å²) in [6.07, 6.45) is 0.382. The smallest absolute Gasteiger partial charge is 0.158 e. The summed E-state index contributed by atoms with van der Waals surface area (Å²) in [4.78, 5) is 12.1. The first kappa shape index (κ1) is 13.2. The molecule has 2 aromatic carbocycles. The maximum atomic E-state index is 12.1. The second kappa shape index (κ2) is 6.11. The number of benzene rings is 2. The van der Waals surface area contributed by atoms with Crippen LogP contribution in [0.15, 0.2) is 54.6 Å². The van der Waals surface area contributed by atoms with Crippen molar-refractivity contribution in [2.45, 2.75) is 12.5 Å². The molecular formula is C15H14INO. The largest absolute Gasteiger partial charge is 0.318 e. The standard InChI is InChI=1S/C15H14INO/c16-13-8-6-11(7-9-13)10-14(18)15(17)12-4-2-1-3-5-12/h1-9,15H,10,17H2/t15-/m1/s1. The zero-order chi connectivity index (χ0) is 13.0. The normalized spacial score (nSPS) is 12.1. The highest BCUT2D eigenvalue weighted by Crippen LogP contribution is 2.14. The Morgan fingerprint density at radius 3 is 2.28 bits per heavy atom. The molecule has 0 saturated carbocycles. The molecule has 0 aliphatic carbocycles. The molecule has 2 aromatic rings. The van der Waals surface area contributed by atoms with E-state index in [1.54, 1.807) is 0 Å². The van der Waals surface area contributed by atoms with E-state index in [2.05, 4.69) is 22.6 Å². The van der Waals surface area contributed by atoms with E-state index < -0.39 is 6.04 Å². The van der Waals surface area contributed by atoms with Crippen LogP contribution in [-0.4, -0.2) is 5.78 Å². The zero-order valence-electron chi connectivity index (χ0n) is 9.84. The Bertz CT molecular complexity index is 522. The first-order valence-electron chi connectivity index (χ1n) is 5.74. The minimum atomic E-state index is -0.537. The number of Topliss-reactive ketones (excluding diaryl/α,β-unsaturated/α-hetero) is 1. The molecule has 3 heteroatoms. The summed E-state index contributed by atoms with van der Waals surface area (Å²) in [5, 5.41) is 0. The fourth-order valence-corrected chi connectivity index (χ4v) is 2.12. The van der Waals surface area contributed by atoms with Crippen LogP contribution in [0.4, 0.5) is 0 Å². The Hall–Kier alpha value is -1.20. The Balaban J connectivity index is 2.06. The van der Waals surface area contributed by atoms with E-state index in [1.165, 1.54) is 0 Å². The number of carbonyl (C=O) groups is 1. The highest BCUT2D eigenvalue weighted by Gasteiger charge is 2.15. The number of hydrogen-bond acceptors (Lipinski definition) is 2. The minimum absolute atomic E-state index is 0.0439. The summed E-state index contributed by atoms with van der Waals surface area (Å²) in [5.74, 6) is 0.0439. The van der Waals surface area contributed by atoms with Gasteiger partial charge in [0.1, 0.15) is 0 Å². The first-order chi connectivity index (χ1) is 8.66. The predicted molar refractivity (Wildman–Crippen MR) is 81.2 cm³/mol. The molecule has 0 aliphatic heterocycles. The molecule has 0 amide bonds. The van der Waals surface area contributed by atoms with Crippen LogP contribution in [0.2, 0.25) is 0 Å². The summed E-state index contributed by atoms with van der Waals surface area (Å²) in [7, 11) is 0. The predicted octanol–water partition coefficient (Wildman–Crippen LogP) is 3.10. The number of ketones is 1. The van der Waals surface area contributed by atoms with Crippen LogP contribution in [0.25, 0.3) is 0 Å². The fraction of sp³-hybridized carbons (Fsp3) is 0.133. The summed E-state index contributed by atoms with van der Waals surface area (Å²) >= 11 is 2.24. The maximum Gasteiger partial charge on any atom is 0.158 e. The molecule has 0 aromatic heterocycles. The molecule has 0 fully saturated rings. The average Bonchev–Trinajstić information content (AvgIpc) is 2.41.